The van der Waals surface area contributed by atoms with Gasteiger partial charge in [0.15, 0.2) is 0 Å². The molecule has 0 heterocycles. The largest absolute Gasteiger partial charge is 0.309 e. The molecule has 0 radical (unpaired) electrons. The van der Waals surface area contributed by atoms with Crippen LogP contribution >= 0.6 is 15.9 Å². The van der Waals surface area contributed by atoms with Gasteiger partial charge in [0.05, 0.1) is 0 Å². The molecular weight excluding hydrogens is 262 g/mol. The highest BCUT2D eigenvalue weighted by atomic mass is 79.9. The second kappa shape index (κ2) is 4.50. The highest BCUT2D eigenvalue weighted by molar-refractivity contribution is 9.10. The van der Waals surface area contributed by atoms with Crippen LogP contribution in [0.4, 0.5) is 0 Å². The van der Waals surface area contributed by atoms with Crippen LogP contribution in [0.25, 0.3) is 0 Å². The van der Waals surface area contributed by atoms with Gasteiger partial charge in [-0.3, -0.25) is 0 Å². The van der Waals surface area contributed by atoms with Crippen LogP contribution in [0, 0.1) is 5.41 Å². The maximum absolute atomic E-state index is 3.68. The average molecular weight is 282 g/mol. The molecule has 2 rings (SSSR count). The Balaban J connectivity index is 2.06. The topological polar surface area (TPSA) is 12.0 Å². The van der Waals surface area contributed by atoms with Crippen LogP contribution < -0.4 is 5.32 Å². The molecule has 0 bridgehead atoms. The molecule has 1 aromatic carbocycles. The zero-order valence-electron chi connectivity index (χ0n) is 10.3. The van der Waals surface area contributed by atoms with Crippen molar-refractivity contribution in [3.05, 3.63) is 33.8 Å². The number of hydrogen-bond acceptors (Lipinski definition) is 1. The predicted molar refractivity (Wildman–Crippen MR) is 72.7 cm³/mol. The number of aryl methyl sites for hydroxylation is 1. The fourth-order valence-electron chi connectivity index (χ4n) is 2.23. The number of hydrogen-bond donors (Lipinski definition) is 1. The lowest BCUT2D eigenvalue weighted by molar-refractivity contribution is 0.352. The Labute approximate surface area is 107 Å². The van der Waals surface area contributed by atoms with E-state index in [1.807, 2.05) is 0 Å². The highest BCUT2D eigenvalue weighted by Gasteiger charge is 2.23. The van der Waals surface area contributed by atoms with Crippen molar-refractivity contribution in [1.82, 2.24) is 5.32 Å². The van der Waals surface area contributed by atoms with Gasteiger partial charge >= 0.3 is 0 Å². The predicted octanol–water partition coefficient (Wildman–Crippen LogP) is 4.07. The van der Waals surface area contributed by atoms with E-state index in [9.17, 15) is 0 Å². The summed E-state index contributed by atoms with van der Waals surface area (Å²) >= 11 is 3.54. The minimum absolute atomic E-state index is 0.359. The molecule has 0 fully saturated rings. The number of fused-ring (bicyclic) bond motifs is 1. The van der Waals surface area contributed by atoms with Gasteiger partial charge < -0.3 is 5.32 Å². The lowest BCUT2D eigenvalue weighted by Crippen LogP contribution is -2.29. The molecule has 1 aliphatic rings. The summed E-state index contributed by atoms with van der Waals surface area (Å²) in [5.74, 6) is 0. The standard InChI is InChI=1S/C14H20BrN/c1-14(2,3)9-16-13-7-4-10-8-11(15)5-6-12(10)13/h5-6,8,13,16H,4,7,9H2,1-3H3. The van der Waals surface area contributed by atoms with Crippen molar-refractivity contribution >= 4 is 15.9 Å². The van der Waals surface area contributed by atoms with E-state index < -0.39 is 0 Å². The van der Waals surface area contributed by atoms with E-state index in [0.717, 1.165) is 6.54 Å². The molecule has 1 unspecified atom stereocenters. The van der Waals surface area contributed by atoms with Crippen LogP contribution in [-0.4, -0.2) is 6.54 Å². The van der Waals surface area contributed by atoms with Crippen molar-refractivity contribution in [1.29, 1.82) is 0 Å². The van der Waals surface area contributed by atoms with Crippen molar-refractivity contribution in [2.24, 2.45) is 5.41 Å². The molecule has 16 heavy (non-hydrogen) atoms. The van der Waals surface area contributed by atoms with Gasteiger partial charge in [0, 0.05) is 17.1 Å². The molecule has 0 amide bonds. The lowest BCUT2D eigenvalue weighted by atomic mass is 9.96. The third-order valence-corrected chi connectivity index (χ3v) is 3.55. The normalized spacial score (nSPS) is 19.9. The van der Waals surface area contributed by atoms with Crippen molar-refractivity contribution in [2.45, 2.75) is 39.7 Å². The summed E-state index contributed by atoms with van der Waals surface area (Å²) < 4.78 is 1.20. The average Bonchev–Trinajstić information content (AvgIpc) is 2.56. The van der Waals surface area contributed by atoms with Crippen molar-refractivity contribution in [3.63, 3.8) is 0 Å². The zero-order chi connectivity index (χ0) is 11.8. The second-order valence-electron chi connectivity index (χ2n) is 5.88. The first kappa shape index (κ1) is 12.1. The first-order chi connectivity index (χ1) is 7.46. The Bertz CT molecular complexity index is 379. The third kappa shape index (κ3) is 2.86. The number of halogens is 1. The van der Waals surface area contributed by atoms with Gasteiger partial charge in [-0.05, 0) is 41.5 Å². The minimum Gasteiger partial charge on any atom is -0.309 e. The molecule has 0 aromatic heterocycles. The smallest absolute Gasteiger partial charge is 0.0326 e. The van der Waals surface area contributed by atoms with Gasteiger partial charge in [0.1, 0.15) is 0 Å². The highest BCUT2D eigenvalue weighted by Crippen LogP contribution is 2.33. The summed E-state index contributed by atoms with van der Waals surface area (Å²) in [5, 5.41) is 3.68. The third-order valence-electron chi connectivity index (χ3n) is 3.06. The van der Waals surface area contributed by atoms with Crippen LogP contribution in [0.15, 0.2) is 22.7 Å². The van der Waals surface area contributed by atoms with E-state index in [-0.39, 0.29) is 0 Å². The van der Waals surface area contributed by atoms with Crippen LogP contribution in [0.1, 0.15) is 44.4 Å². The van der Waals surface area contributed by atoms with Crippen molar-refractivity contribution in [3.8, 4) is 0 Å². The van der Waals surface area contributed by atoms with Gasteiger partial charge in [0.25, 0.3) is 0 Å². The molecule has 1 nitrogen and oxygen atoms in total. The van der Waals surface area contributed by atoms with E-state index in [1.165, 1.54) is 28.4 Å². The quantitative estimate of drug-likeness (QED) is 0.862. The summed E-state index contributed by atoms with van der Waals surface area (Å²) in [4.78, 5) is 0. The summed E-state index contributed by atoms with van der Waals surface area (Å²) in [6, 6.07) is 7.22. The fourth-order valence-corrected chi connectivity index (χ4v) is 2.64. The molecule has 1 N–H and O–H groups in total. The Hall–Kier alpha value is -0.340. The minimum atomic E-state index is 0.359. The summed E-state index contributed by atoms with van der Waals surface area (Å²) in [7, 11) is 0. The Kier molecular flexibility index (Phi) is 3.41. The molecule has 0 saturated carbocycles. The van der Waals surface area contributed by atoms with E-state index in [2.05, 4.69) is 60.2 Å². The maximum Gasteiger partial charge on any atom is 0.0326 e. The Morgan fingerprint density at radius 1 is 1.38 bits per heavy atom. The van der Waals surface area contributed by atoms with Gasteiger partial charge in [-0.15, -0.1) is 0 Å². The van der Waals surface area contributed by atoms with E-state index >= 15 is 0 Å². The van der Waals surface area contributed by atoms with Crippen molar-refractivity contribution in [2.75, 3.05) is 6.54 Å². The van der Waals surface area contributed by atoms with Crippen LogP contribution in [0.3, 0.4) is 0 Å². The summed E-state index contributed by atoms with van der Waals surface area (Å²) in [6.07, 6.45) is 2.44. The number of benzene rings is 1. The molecule has 0 aliphatic heterocycles. The van der Waals surface area contributed by atoms with Crippen LogP contribution in [0.5, 0.6) is 0 Å². The van der Waals surface area contributed by atoms with Gasteiger partial charge in [-0.1, -0.05) is 42.8 Å². The molecule has 0 spiro atoms. The molecule has 2 heteroatoms. The van der Waals surface area contributed by atoms with E-state index in [1.54, 1.807) is 0 Å². The molecule has 1 atom stereocenters. The molecular formula is C14H20BrN. The van der Waals surface area contributed by atoms with Crippen LogP contribution in [0.2, 0.25) is 0 Å². The second-order valence-corrected chi connectivity index (χ2v) is 6.79. The zero-order valence-corrected chi connectivity index (χ0v) is 11.9. The van der Waals surface area contributed by atoms with Gasteiger partial charge in [0.2, 0.25) is 0 Å². The molecule has 88 valence electrons. The summed E-state index contributed by atoms with van der Waals surface area (Å²) in [6.45, 7) is 7.90. The van der Waals surface area contributed by atoms with Gasteiger partial charge in [-0.2, -0.15) is 0 Å². The monoisotopic (exact) mass is 281 g/mol. The molecule has 0 saturated heterocycles. The van der Waals surface area contributed by atoms with E-state index in [4.69, 9.17) is 0 Å². The Morgan fingerprint density at radius 3 is 2.81 bits per heavy atom. The van der Waals surface area contributed by atoms with Crippen molar-refractivity contribution < 1.29 is 0 Å². The fraction of sp³-hybridized carbons (Fsp3) is 0.571. The molecule has 1 aromatic rings. The summed E-state index contributed by atoms with van der Waals surface area (Å²) in [5.41, 5.74) is 3.35. The Morgan fingerprint density at radius 2 is 2.12 bits per heavy atom. The SMILES string of the molecule is CC(C)(C)CNC1CCc2cc(Br)ccc21. The lowest BCUT2D eigenvalue weighted by Gasteiger charge is -2.23. The number of rotatable bonds is 2. The maximum atomic E-state index is 3.68. The van der Waals surface area contributed by atoms with E-state index in [0.29, 0.717) is 11.5 Å². The van der Waals surface area contributed by atoms with Gasteiger partial charge in [-0.25, -0.2) is 0 Å². The van der Waals surface area contributed by atoms with Crippen LogP contribution in [-0.2, 0) is 6.42 Å². The number of nitrogens with one attached hydrogen (secondary N) is 1. The first-order valence-electron chi connectivity index (χ1n) is 5.97. The first-order valence-corrected chi connectivity index (χ1v) is 6.77. The molecule has 1 aliphatic carbocycles.